The Kier molecular flexibility index (Phi) is 5.82. The van der Waals surface area contributed by atoms with Crippen molar-refractivity contribution in [2.24, 2.45) is 5.92 Å². The Bertz CT molecular complexity index is 491. The third kappa shape index (κ3) is 4.42. The summed E-state index contributed by atoms with van der Waals surface area (Å²) < 4.78 is 0. The molecule has 5 nitrogen and oxygen atoms in total. The van der Waals surface area contributed by atoms with Crippen molar-refractivity contribution in [1.29, 1.82) is 0 Å². The summed E-state index contributed by atoms with van der Waals surface area (Å²) in [6, 6.07) is 5.41. The molecular formula is C14H19ClN2O3. The molecule has 0 aliphatic carbocycles. The number of benzene rings is 1. The number of aliphatic carboxylic acids is 1. The van der Waals surface area contributed by atoms with Crippen LogP contribution in [0.2, 0.25) is 5.02 Å². The van der Waals surface area contributed by atoms with Gasteiger partial charge in [-0.3, -0.25) is 0 Å². The highest BCUT2D eigenvalue weighted by molar-refractivity contribution is 6.31. The van der Waals surface area contributed by atoms with E-state index in [1.807, 2.05) is 12.1 Å². The number of hydrogen-bond acceptors (Lipinski definition) is 2. The summed E-state index contributed by atoms with van der Waals surface area (Å²) in [6.07, 6.45) is 0. The molecule has 6 heteroatoms. The van der Waals surface area contributed by atoms with Crippen molar-refractivity contribution >= 4 is 23.6 Å². The Morgan fingerprint density at radius 3 is 2.25 bits per heavy atom. The van der Waals surface area contributed by atoms with Gasteiger partial charge in [-0.1, -0.05) is 43.6 Å². The van der Waals surface area contributed by atoms with Crippen molar-refractivity contribution in [1.82, 2.24) is 10.6 Å². The van der Waals surface area contributed by atoms with E-state index in [4.69, 9.17) is 16.7 Å². The van der Waals surface area contributed by atoms with Crippen LogP contribution in [-0.4, -0.2) is 23.1 Å². The lowest BCUT2D eigenvalue weighted by Gasteiger charge is -2.21. The fraction of sp³-hybridized carbons (Fsp3) is 0.429. The second kappa shape index (κ2) is 7.14. The number of hydrogen-bond donors (Lipinski definition) is 3. The largest absolute Gasteiger partial charge is 0.480 e. The van der Waals surface area contributed by atoms with E-state index in [9.17, 15) is 9.59 Å². The molecule has 20 heavy (non-hydrogen) atoms. The van der Waals surface area contributed by atoms with Gasteiger partial charge in [0.15, 0.2) is 0 Å². The maximum Gasteiger partial charge on any atom is 0.326 e. The van der Waals surface area contributed by atoms with Crippen LogP contribution >= 0.6 is 11.6 Å². The molecule has 2 atom stereocenters. The van der Waals surface area contributed by atoms with Crippen molar-refractivity contribution in [3.05, 3.63) is 34.9 Å². The van der Waals surface area contributed by atoms with Crippen molar-refractivity contribution in [3.63, 3.8) is 0 Å². The predicted octanol–water partition coefficient (Wildman–Crippen LogP) is 2.81. The van der Waals surface area contributed by atoms with Crippen molar-refractivity contribution < 1.29 is 14.7 Å². The second-order valence-corrected chi connectivity index (χ2v) is 5.33. The van der Waals surface area contributed by atoms with Gasteiger partial charge in [-0.25, -0.2) is 9.59 Å². The Labute approximate surface area is 123 Å². The van der Waals surface area contributed by atoms with Crippen LogP contribution in [0.3, 0.4) is 0 Å². The molecule has 0 heterocycles. The van der Waals surface area contributed by atoms with Gasteiger partial charge in [0, 0.05) is 5.02 Å². The number of carbonyl (C=O) groups excluding carboxylic acids is 1. The van der Waals surface area contributed by atoms with Crippen molar-refractivity contribution in [3.8, 4) is 0 Å². The first kappa shape index (κ1) is 16.3. The molecule has 0 saturated heterocycles. The van der Waals surface area contributed by atoms with Crippen molar-refractivity contribution in [2.75, 3.05) is 0 Å². The van der Waals surface area contributed by atoms with Gasteiger partial charge < -0.3 is 15.7 Å². The number of halogens is 1. The smallest absolute Gasteiger partial charge is 0.326 e. The molecule has 1 aromatic rings. The highest BCUT2D eigenvalue weighted by atomic mass is 35.5. The second-order valence-electron chi connectivity index (χ2n) is 4.92. The van der Waals surface area contributed by atoms with E-state index in [-0.39, 0.29) is 12.0 Å². The molecule has 1 unspecified atom stereocenters. The van der Waals surface area contributed by atoms with Crippen LogP contribution in [0.1, 0.15) is 32.4 Å². The van der Waals surface area contributed by atoms with E-state index >= 15 is 0 Å². The first-order valence-electron chi connectivity index (χ1n) is 6.37. The highest BCUT2D eigenvalue weighted by Gasteiger charge is 2.24. The zero-order chi connectivity index (χ0) is 15.3. The van der Waals surface area contributed by atoms with Gasteiger partial charge >= 0.3 is 12.0 Å². The van der Waals surface area contributed by atoms with Gasteiger partial charge in [0.25, 0.3) is 0 Å². The number of amides is 2. The monoisotopic (exact) mass is 298 g/mol. The van der Waals surface area contributed by atoms with E-state index < -0.39 is 18.0 Å². The lowest BCUT2D eigenvalue weighted by Crippen LogP contribution is -2.49. The number of carboxylic acids is 1. The van der Waals surface area contributed by atoms with Crippen LogP contribution in [0.4, 0.5) is 4.79 Å². The molecule has 0 radical (unpaired) electrons. The molecule has 0 saturated carbocycles. The number of urea groups is 1. The summed E-state index contributed by atoms with van der Waals surface area (Å²) in [5.74, 6) is -1.26. The summed E-state index contributed by atoms with van der Waals surface area (Å²) in [5, 5.41) is 14.7. The lowest BCUT2D eigenvalue weighted by atomic mass is 10.1. The topological polar surface area (TPSA) is 78.4 Å². The molecule has 0 spiro atoms. The third-order valence-electron chi connectivity index (χ3n) is 2.94. The van der Waals surface area contributed by atoms with E-state index in [1.165, 1.54) is 0 Å². The maximum absolute atomic E-state index is 11.8. The van der Waals surface area contributed by atoms with Crippen LogP contribution in [-0.2, 0) is 4.79 Å². The van der Waals surface area contributed by atoms with Crippen LogP contribution in [0, 0.1) is 5.92 Å². The summed E-state index contributed by atoms with van der Waals surface area (Å²) in [6.45, 7) is 5.25. The average Bonchev–Trinajstić information content (AvgIpc) is 2.35. The molecule has 2 amide bonds. The van der Waals surface area contributed by atoms with E-state index in [0.29, 0.717) is 5.02 Å². The molecule has 0 aromatic heterocycles. The minimum Gasteiger partial charge on any atom is -0.480 e. The van der Waals surface area contributed by atoms with E-state index in [2.05, 4.69) is 10.6 Å². The van der Waals surface area contributed by atoms with Crippen LogP contribution < -0.4 is 10.6 Å². The quantitative estimate of drug-likeness (QED) is 0.782. The van der Waals surface area contributed by atoms with Gasteiger partial charge in [-0.2, -0.15) is 0 Å². The van der Waals surface area contributed by atoms with Gasteiger partial charge in [0.1, 0.15) is 6.04 Å². The lowest BCUT2D eigenvalue weighted by molar-refractivity contribution is -0.140. The molecule has 0 fully saturated rings. The number of carboxylic acid groups (broad SMARTS) is 1. The van der Waals surface area contributed by atoms with Crippen molar-refractivity contribution in [2.45, 2.75) is 32.9 Å². The zero-order valence-electron chi connectivity index (χ0n) is 11.7. The number of nitrogens with one attached hydrogen (secondary N) is 2. The van der Waals surface area contributed by atoms with Crippen LogP contribution in [0.25, 0.3) is 0 Å². The predicted molar refractivity (Wildman–Crippen MR) is 77.8 cm³/mol. The van der Waals surface area contributed by atoms with Gasteiger partial charge in [0.2, 0.25) is 0 Å². The molecule has 0 aliphatic rings. The van der Waals surface area contributed by atoms with Crippen LogP contribution in [0.5, 0.6) is 0 Å². The van der Waals surface area contributed by atoms with Gasteiger partial charge in [-0.15, -0.1) is 0 Å². The molecule has 1 aromatic carbocycles. The van der Waals surface area contributed by atoms with Gasteiger partial charge in [0.05, 0.1) is 6.04 Å². The first-order chi connectivity index (χ1) is 9.32. The summed E-state index contributed by atoms with van der Waals surface area (Å²) >= 11 is 6.04. The summed E-state index contributed by atoms with van der Waals surface area (Å²) in [4.78, 5) is 22.9. The molecular weight excluding hydrogens is 280 g/mol. The molecule has 0 aliphatic heterocycles. The summed E-state index contributed by atoms with van der Waals surface area (Å²) in [5.41, 5.74) is 0.778. The highest BCUT2D eigenvalue weighted by Crippen LogP contribution is 2.21. The fourth-order valence-corrected chi connectivity index (χ4v) is 2.10. The minimum atomic E-state index is -1.06. The zero-order valence-corrected chi connectivity index (χ0v) is 12.4. The molecule has 110 valence electrons. The third-order valence-corrected chi connectivity index (χ3v) is 3.28. The molecule has 1 rings (SSSR count). The Balaban J connectivity index is 2.67. The maximum atomic E-state index is 11.8. The standard InChI is InChI=1S/C14H19ClN2O3/c1-8(2)12(13(18)19)17-14(20)16-9(3)10-6-4-5-7-11(10)15/h4-9,12H,1-3H3,(H,18,19)(H2,16,17,20)/t9?,12-/m0/s1. The van der Waals surface area contributed by atoms with E-state index in [0.717, 1.165) is 5.56 Å². The number of rotatable bonds is 5. The Morgan fingerprint density at radius 2 is 1.75 bits per heavy atom. The molecule has 3 N–H and O–H groups in total. The van der Waals surface area contributed by atoms with Gasteiger partial charge in [-0.05, 0) is 24.5 Å². The fourth-order valence-electron chi connectivity index (χ4n) is 1.80. The Hall–Kier alpha value is -1.75. The average molecular weight is 299 g/mol. The normalized spacial score (nSPS) is 13.7. The minimum absolute atomic E-state index is 0.200. The van der Waals surface area contributed by atoms with Crippen LogP contribution in [0.15, 0.2) is 24.3 Å². The molecule has 0 bridgehead atoms. The van der Waals surface area contributed by atoms with E-state index in [1.54, 1.807) is 32.9 Å². The summed E-state index contributed by atoms with van der Waals surface area (Å²) in [7, 11) is 0. The number of carbonyl (C=O) groups is 2. The Morgan fingerprint density at radius 1 is 1.15 bits per heavy atom. The first-order valence-corrected chi connectivity index (χ1v) is 6.75. The SMILES string of the molecule is CC(NC(=O)N[C@H](C(=O)O)C(C)C)c1ccccc1Cl.